The van der Waals surface area contributed by atoms with Crippen molar-refractivity contribution in [2.75, 3.05) is 22.6 Å². The number of hydrogen-bond acceptors (Lipinski definition) is 6. The molecule has 3 aromatic rings. The predicted octanol–water partition coefficient (Wildman–Crippen LogP) is 6.33. The van der Waals surface area contributed by atoms with Gasteiger partial charge >= 0.3 is 6.09 Å². The van der Waals surface area contributed by atoms with Crippen molar-refractivity contribution in [1.29, 1.82) is 0 Å². The molecule has 34 heavy (non-hydrogen) atoms. The zero-order valence-corrected chi connectivity index (χ0v) is 20.7. The van der Waals surface area contributed by atoms with Gasteiger partial charge in [-0.2, -0.15) is 0 Å². The number of nitrogens with two attached hydrogens (primary N) is 1. The monoisotopic (exact) mass is 541 g/mol. The van der Waals surface area contributed by atoms with E-state index in [2.05, 4.69) is 26.6 Å². The van der Waals surface area contributed by atoms with E-state index in [0.29, 0.717) is 27.1 Å². The highest BCUT2D eigenvalue weighted by molar-refractivity contribution is 9.10. The third-order valence-corrected chi connectivity index (χ3v) is 6.00. The second-order valence-electron chi connectivity index (χ2n) is 7.17. The minimum absolute atomic E-state index is 0.0276. The molecule has 176 valence electrons. The first-order valence-electron chi connectivity index (χ1n) is 10.3. The first-order chi connectivity index (χ1) is 16.4. The van der Waals surface area contributed by atoms with Crippen molar-refractivity contribution in [1.82, 2.24) is 0 Å². The largest absolute Gasteiger partial charge is 0.508 e. The molecule has 0 saturated carbocycles. The van der Waals surface area contributed by atoms with Crippen molar-refractivity contribution in [3.63, 3.8) is 0 Å². The number of para-hydroxylation sites is 2. The number of nitrogen functional groups attached to an aromatic ring is 1. The molecule has 0 radical (unpaired) electrons. The van der Waals surface area contributed by atoms with E-state index in [1.54, 1.807) is 66.4 Å². The third kappa shape index (κ3) is 7.29. The predicted molar refractivity (Wildman–Crippen MR) is 140 cm³/mol. The van der Waals surface area contributed by atoms with Gasteiger partial charge in [0.05, 0.1) is 11.4 Å². The SMILES string of the molecule is CSc1ccc(NC(=O)O[C@@H](C/C=C/C(=O)Nc2ccccc2N)c2cc(Br)ccc2O)cc1. The summed E-state index contributed by atoms with van der Waals surface area (Å²) in [5.41, 5.74) is 7.78. The van der Waals surface area contributed by atoms with Crippen LogP contribution < -0.4 is 16.4 Å². The Morgan fingerprint density at radius 2 is 1.85 bits per heavy atom. The van der Waals surface area contributed by atoms with Crippen LogP contribution in [0.15, 0.2) is 88.3 Å². The molecule has 0 heterocycles. The molecule has 0 saturated heterocycles. The topological polar surface area (TPSA) is 114 Å². The Kier molecular flexibility index (Phi) is 9.00. The molecule has 0 aliphatic rings. The van der Waals surface area contributed by atoms with E-state index in [-0.39, 0.29) is 18.1 Å². The highest BCUT2D eigenvalue weighted by Gasteiger charge is 2.20. The smallest absolute Gasteiger partial charge is 0.412 e. The van der Waals surface area contributed by atoms with Gasteiger partial charge in [0, 0.05) is 27.0 Å². The van der Waals surface area contributed by atoms with E-state index in [1.807, 2.05) is 18.4 Å². The van der Waals surface area contributed by atoms with E-state index in [0.717, 1.165) is 4.90 Å². The zero-order valence-electron chi connectivity index (χ0n) is 18.3. The van der Waals surface area contributed by atoms with Crippen LogP contribution in [0.1, 0.15) is 18.1 Å². The molecule has 1 atom stereocenters. The molecule has 0 aliphatic heterocycles. The maximum absolute atomic E-state index is 12.6. The number of thioether (sulfide) groups is 1. The summed E-state index contributed by atoms with van der Waals surface area (Å²) in [5.74, 6) is -0.409. The van der Waals surface area contributed by atoms with Gasteiger partial charge in [-0.15, -0.1) is 11.8 Å². The molecule has 3 rings (SSSR count). The Hall–Kier alpha value is -3.43. The maximum Gasteiger partial charge on any atom is 0.412 e. The van der Waals surface area contributed by atoms with Gasteiger partial charge in [-0.1, -0.05) is 34.1 Å². The molecular weight excluding hydrogens is 518 g/mol. The number of nitrogens with one attached hydrogen (secondary N) is 2. The standard InChI is InChI=1S/C25H24BrN3O4S/c1-34-18-12-10-17(11-13-18)28-25(32)33-23(19-15-16(26)9-14-22(19)30)7-4-8-24(31)29-21-6-3-2-5-20(21)27/h2-6,8-15,23,30H,7,27H2,1H3,(H,28,32)(H,29,31)/b8-4+/t23-/m0/s1. The molecular formula is C25H24BrN3O4S. The van der Waals surface area contributed by atoms with Crippen molar-refractivity contribution in [2.45, 2.75) is 17.4 Å². The van der Waals surface area contributed by atoms with Gasteiger partial charge in [0.15, 0.2) is 0 Å². The highest BCUT2D eigenvalue weighted by atomic mass is 79.9. The number of ether oxygens (including phenoxy) is 1. The van der Waals surface area contributed by atoms with Gasteiger partial charge in [0.1, 0.15) is 11.9 Å². The Balaban J connectivity index is 1.71. The number of carbonyl (C=O) groups excluding carboxylic acids is 2. The maximum atomic E-state index is 12.6. The van der Waals surface area contributed by atoms with Gasteiger partial charge in [0.25, 0.3) is 0 Å². The van der Waals surface area contributed by atoms with Crippen molar-refractivity contribution in [3.8, 4) is 5.75 Å². The molecule has 0 aliphatic carbocycles. The third-order valence-electron chi connectivity index (χ3n) is 4.76. The quantitative estimate of drug-likeness (QED) is 0.150. The summed E-state index contributed by atoms with van der Waals surface area (Å²) in [5, 5.41) is 15.7. The van der Waals surface area contributed by atoms with Crippen molar-refractivity contribution < 1.29 is 19.4 Å². The fourth-order valence-electron chi connectivity index (χ4n) is 3.06. The van der Waals surface area contributed by atoms with Gasteiger partial charge in [0.2, 0.25) is 5.91 Å². The highest BCUT2D eigenvalue weighted by Crippen LogP contribution is 2.32. The molecule has 0 unspecified atom stereocenters. The summed E-state index contributed by atoms with van der Waals surface area (Å²) in [6.45, 7) is 0. The zero-order chi connectivity index (χ0) is 24.5. The number of halogens is 1. The number of anilines is 3. The number of rotatable bonds is 8. The van der Waals surface area contributed by atoms with Crippen LogP contribution in [0, 0.1) is 0 Å². The van der Waals surface area contributed by atoms with Crippen LogP contribution in [-0.2, 0) is 9.53 Å². The normalized spacial score (nSPS) is 11.7. The molecule has 0 bridgehead atoms. The van der Waals surface area contributed by atoms with E-state index in [9.17, 15) is 14.7 Å². The van der Waals surface area contributed by atoms with Gasteiger partial charge in [-0.25, -0.2) is 4.79 Å². The summed E-state index contributed by atoms with van der Waals surface area (Å²) in [4.78, 5) is 25.9. The van der Waals surface area contributed by atoms with Crippen LogP contribution in [0.3, 0.4) is 0 Å². The number of amides is 2. The van der Waals surface area contributed by atoms with Crippen LogP contribution in [0.4, 0.5) is 21.9 Å². The van der Waals surface area contributed by atoms with Crippen LogP contribution in [-0.4, -0.2) is 23.4 Å². The summed E-state index contributed by atoms with van der Waals surface area (Å²) in [7, 11) is 0. The van der Waals surface area contributed by atoms with Crippen LogP contribution >= 0.6 is 27.7 Å². The summed E-state index contributed by atoms with van der Waals surface area (Å²) < 4.78 is 6.32. The van der Waals surface area contributed by atoms with Crippen molar-refractivity contribution in [2.24, 2.45) is 0 Å². The van der Waals surface area contributed by atoms with Crippen LogP contribution in [0.2, 0.25) is 0 Å². The fraction of sp³-hybridized carbons (Fsp3) is 0.120. The van der Waals surface area contributed by atoms with E-state index in [1.165, 1.54) is 12.1 Å². The number of phenols is 1. The fourth-order valence-corrected chi connectivity index (χ4v) is 3.84. The molecule has 2 amide bonds. The molecule has 0 spiro atoms. The lowest BCUT2D eigenvalue weighted by atomic mass is 10.0. The average molecular weight is 542 g/mol. The Labute approximate surface area is 210 Å². The molecule has 5 N–H and O–H groups in total. The van der Waals surface area contributed by atoms with Gasteiger partial charge in [-0.05, 0) is 66.9 Å². The minimum Gasteiger partial charge on any atom is -0.508 e. The molecule has 0 fully saturated rings. The molecule has 9 heteroatoms. The number of phenolic OH excluding ortho intramolecular Hbond substituents is 1. The Morgan fingerprint density at radius 1 is 1.12 bits per heavy atom. The average Bonchev–Trinajstić information content (AvgIpc) is 2.82. The van der Waals surface area contributed by atoms with Crippen LogP contribution in [0.5, 0.6) is 5.75 Å². The molecule has 7 nitrogen and oxygen atoms in total. The minimum atomic E-state index is -0.839. The number of hydrogen-bond donors (Lipinski definition) is 4. The second kappa shape index (κ2) is 12.2. The van der Waals surface area contributed by atoms with E-state index in [4.69, 9.17) is 10.5 Å². The van der Waals surface area contributed by atoms with Crippen molar-refractivity contribution >= 4 is 56.8 Å². The van der Waals surface area contributed by atoms with Crippen LogP contribution in [0.25, 0.3) is 0 Å². The number of benzene rings is 3. The molecule has 0 aromatic heterocycles. The lowest BCUT2D eigenvalue weighted by Gasteiger charge is -2.19. The van der Waals surface area contributed by atoms with E-state index < -0.39 is 12.2 Å². The van der Waals surface area contributed by atoms with Gasteiger partial charge in [-0.3, -0.25) is 10.1 Å². The lowest BCUT2D eigenvalue weighted by Crippen LogP contribution is -2.17. The lowest BCUT2D eigenvalue weighted by molar-refractivity contribution is -0.111. The summed E-state index contributed by atoms with van der Waals surface area (Å²) in [6.07, 6.45) is 3.50. The van der Waals surface area contributed by atoms with E-state index >= 15 is 0 Å². The molecule has 3 aromatic carbocycles. The summed E-state index contributed by atoms with van der Waals surface area (Å²) >= 11 is 4.97. The van der Waals surface area contributed by atoms with Gasteiger partial charge < -0.3 is 20.9 Å². The first-order valence-corrected chi connectivity index (χ1v) is 12.3. The number of carbonyl (C=O) groups is 2. The number of aromatic hydroxyl groups is 1. The Bertz CT molecular complexity index is 1190. The Morgan fingerprint density at radius 3 is 2.56 bits per heavy atom. The first kappa shape index (κ1) is 25.2. The second-order valence-corrected chi connectivity index (χ2v) is 8.96. The summed E-state index contributed by atoms with van der Waals surface area (Å²) in [6, 6.07) is 19.1. The van der Waals surface area contributed by atoms with Crippen molar-refractivity contribution in [3.05, 3.63) is 88.9 Å².